The highest BCUT2D eigenvalue weighted by atomic mass is 35.5. The molecule has 0 spiro atoms. The quantitative estimate of drug-likeness (QED) is 0.451. The predicted octanol–water partition coefficient (Wildman–Crippen LogP) is 5.59. The van der Waals surface area contributed by atoms with Crippen LogP contribution in [-0.2, 0) is 4.79 Å². The maximum absolute atomic E-state index is 13.6. The third kappa shape index (κ3) is 6.82. The molecule has 2 rings (SSSR count). The Morgan fingerprint density at radius 1 is 1.17 bits per heavy atom. The van der Waals surface area contributed by atoms with Gasteiger partial charge in [-0.05, 0) is 53.7 Å². The van der Waals surface area contributed by atoms with Crippen molar-refractivity contribution in [3.8, 4) is 16.9 Å². The van der Waals surface area contributed by atoms with Crippen LogP contribution in [-0.4, -0.2) is 41.9 Å². The van der Waals surface area contributed by atoms with Crippen LogP contribution in [0, 0.1) is 0 Å². The van der Waals surface area contributed by atoms with E-state index in [2.05, 4.69) is 0 Å². The van der Waals surface area contributed by atoms with Crippen molar-refractivity contribution in [2.24, 2.45) is 5.73 Å². The zero-order valence-electron chi connectivity index (χ0n) is 16.3. The molecular weight excluding hydrogens is 439 g/mol. The minimum absolute atomic E-state index is 0.101. The van der Waals surface area contributed by atoms with Crippen LogP contribution >= 0.6 is 23.4 Å². The number of thioether (sulfide) groups is 1. The molecule has 0 aromatic heterocycles. The summed E-state index contributed by atoms with van der Waals surface area (Å²) in [4.78, 5) is 10.7. The van der Waals surface area contributed by atoms with Gasteiger partial charge in [0.1, 0.15) is 11.8 Å². The first-order valence-corrected chi connectivity index (χ1v) is 10.7. The maximum Gasteiger partial charge on any atom is 0.395 e. The summed E-state index contributed by atoms with van der Waals surface area (Å²) in [6.07, 6.45) is -4.27. The van der Waals surface area contributed by atoms with E-state index in [9.17, 15) is 18.0 Å². The molecule has 0 saturated carbocycles. The van der Waals surface area contributed by atoms with E-state index in [1.807, 2.05) is 0 Å². The number of ether oxygens (including phenoxy) is 1. The van der Waals surface area contributed by atoms with Crippen molar-refractivity contribution in [2.45, 2.75) is 31.0 Å². The van der Waals surface area contributed by atoms with Gasteiger partial charge < -0.3 is 15.6 Å². The van der Waals surface area contributed by atoms with Gasteiger partial charge in [0.25, 0.3) is 0 Å². The molecule has 0 aliphatic rings. The van der Waals surface area contributed by atoms with Crippen molar-refractivity contribution >= 4 is 29.3 Å². The summed E-state index contributed by atoms with van der Waals surface area (Å²) in [5.74, 6) is -1.49. The number of hydrogen-bond donors (Lipinski definition) is 2. The topological polar surface area (TPSA) is 72.5 Å². The molecule has 0 aliphatic carbocycles. The minimum atomic E-state index is -4.38. The van der Waals surface area contributed by atoms with Gasteiger partial charge in [-0.1, -0.05) is 35.9 Å². The van der Waals surface area contributed by atoms with Gasteiger partial charge in [-0.2, -0.15) is 24.9 Å². The minimum Gasteiger partial charge on any atom is -0.496 e. The van der Waals surface area contributed by atoms with Gasteiger partial charge >= 0.3 is 12.1 Å². The normalized spacial score (nSPS) is 13.7. The van der Waals surface area contributed by atoms with Gasteiger partial charge in [0.05, 0.1) is 13.0 Å². The number of hydrogen-bond acceptors (Lipinski definition) is 4. The molecule has 0 heterocycles. The first-order chi connectivity index (χ1) is 14.1. The van der Waals surface area contributed by atoms with Gasteiger partial charge in [0, 0.05) is 10.6 Å². The summed E-state index contributed by atoms with van der Waals surface area (Å²) in [7, 11) is 1.52. The summed E-state index contributed by atoms with van der Waals surface area (Å²) >= 11 is 7.31. The third-order valence-corrected chi connectivity index (χ3v) is 5.91. The Hall–Kier alpha value is -1.90. The van der Waals surface area contributed by atoms with Crippen LogP contribution in [0.2, 0.25) is 5.02 Å². The second kappa shape index (κ2) is 10.9. The van der Waals surface area contributed by atoms with Crippen molar-refractivity contribution < 1.29 is 27.8 Å². The van der Waals surface area contributed by atoms with Crippen LogP contribution in [0.5, 0.6) is 5.75 Å². The number of alkyl halides is 3. The molecule has 0 amide bonds. The SMILES string of the molecule is COc1ccc(Cl)cc1-c1ccc(C(CCSCCC(N)C(=O)O)C(F)(F)F)cc1. The number of aliphatic carboxylic acids is 1. The predicted molar refractivity (Wildman–Crippen MR) is 114 cm³/mol. The molecule has 2 unspecified atom stereocenters. The first-order valence-electron chi connectivity index (χ1n) is 9.20. The van der Waals surface area contributed by atoms with Crippen molar-refractivity contribution in [3.05, 3.63) is 53.1 Å². The number of carboxylic acid groups (broad SMARTS) is 1. The second-order valence-electron chi connectivity index (χ2n) is 6.70. The highest BCUT2D eigenvalue weighted by Crippen LogP contribution is 2.40. The van der Waals surface area contributed by atoms with E-state index in [1.165, 1.54) is 31.0 Å². The molecule has 4 nitrogen and oxygen atoms in total. The largest absolute Gasteiger partial charge is 0.496 e. The lowest BCUT2D eigenvalue weighted by molar-refractivity contribution is -0.150. The number of carboxylic acids is 1. The van der Waals surface area contributed by atoms with Crippen molar-refractivity contribution in [3.63, 3.8) is 0 Å². The van der Waals surface area contributed by atoms with E-state index < -0.39 is 24.1 Å². The van der Waals surface area contributed by atoms with Crippen LogP contribution in [0.15, 0.2) is 42.5 Å². The van der Waals surface area contributed by atoms with E-state index in [-0.39, 0.29) is 24.2 Å². The molecule has 0 fully saturated rings. The smallest absolute Gasteiger partial charge is 0.395 e. The molecule has 2 aromatic carbocycles. The Kier molecular flexibility index (Phi) is 8.88. The lowest BCUT2D eigenvalue weighted by atomic mass is 9.93. The Morgan fingerprint density at radius 3 is 2.37 bits per heavy atom. The molecule has 3 N–H and O–H groups in total. The average molecular weight is 462 g/mol. The fraction of sp³-hybridized carbons (Fsp3) is 0.381. The molecule has 2 atom stereocenters. The van der Waals surface area contributed by atoms with E-state index in [1.54, 1.807) is 30.3 Å². The number of halogens is 4. The highest BCUT2D eigenvalue weighted by Gasteiger charge is 2.40. The molecule has 30 heavy (non-hydrogen) atoms. The lowest BCUT2D eigenvalue weighted by Crippen LogP contribution is -2.30. The van der Waals surface area contributed by atoms with Crippen molar-refractivity contribution in [2.75, 3.05) is 18.6 Å². The summed E-state index contributed by atoms with van der Waals surface area (Å²) < 4.78 is 46.1. The van der Waals surface area contributed by atoms with Crippen LogP contribution in [0.1, 0.15) is 24.3 Å². The van der Waals surface area contributed by atoms with Gasteiger partial charge in [-0.15, -0.1) is 0 Å². The Balaban J connectivity index is 2.08. The fourth-order valence-electron chi connectivity index (χ4n) is 2.96. The number of carbonyl (C=O) groups is 1. The Labute approximate surface area is 182 Å². The first kappa shape index (κ1) is 24.4. The lowest BCUT2D eigenvalue weighted by Gasteiger charge is -2.21. The third-order valence-electron chi connectivity index (χ3n) is 4.62. The van der Waals surface area contributed by atoms with Gasteiger partial charge in [-0.3, -0.25) is 4.79 Å². The second-order valence-corrected chi connectivity index (χ2v) is 8.36. The van der Waals surface area contributed by atoms with E-state index >= 15 is 0 Å². The molecule has 164 valence electrons. The number of methoxy groups -OCH3 is 1. The molecule has 0 saturated heterocycles. The average Bonchev–Trinajstić information content (AvgIpc) is 2.69. The molecule has 0 bridgehead atoms. The zero-order chi connectivity index (χ0) is 22.3. The monoisotopic (exact) mass is 461 g/mol. The molecule has 2 aromatic rings. The summed E-state index contributed by atoms with van der Waals surface area (Å²) in [5.41, 5.74) is 6.98. The molecule has 9 heteroatoms. The van der Waals surface area contributed by atoms with E-state index in [0.717, 1.165) is 0 Å². The molecule has 0 radical (unpaired) electrons. The fourth-order valence-corrected chi connectivity index (χ4v) is 4.16. The van der Waals surface area contributed by atoms with Crippen LogP contribution in [0.4, 0.5) is 13.2 Å². The summed E-state index contributed by atoms with van der Waals surface area (Å²) in [6, 6.07) is 10.3. The maximum atomic E-state index is 13.6. The summed E-state index contributed by atoms with van der Waals surface area (Å²) in [5, 5.41) is 9.24. The van der Waals surface area contributed by atoms with Crippen LogP contribution in [0.25, 0.3) is 11.1 Å². The van der Waals surface area contributed by atoms with Crippen molar-refractivity contribution in [1.82, 2.24) is 0 Å². The van der Waals surface area contributed by atoms with Gasteiger partial charge in [-0.25, -0.2) is 0 Å². The number of rotatable bonds is 10. The summed E-state index contributed by atoms with van der Waals surface area (Å²) in [6.45, 7) is 0. The highest BCUT2D eigenvalue weighted by molar-refractivity contribution is 7.99. The van der Waals surface area contributed by atoms with Crippen molar-refractivity contribution in [1.29, 1.82) is 0 Å². The molecular formula is C21H23ClF3NO3S. The van der Waals surface area contributed by atoms with E-state index in [4.69, 9.17) is 27.2 Å². The number of benzene rings is 2. The van der Waals surface area contributed by atoms with Crippen LogP contribution < -0.4 is 10.5 Å². The van der Waals surface area contributed by atoms with E-state index in [0.29, 0.717) is 27.7 Å². The Bertz CT molecular complexity index is 846. The standard InChI is InChI=1S/C21H23ClF3NO3S/c1-29-19-7-6-15(22)12-16(19)13-2-4-14(5-3-13)17(21(23,24)25)8-10-30-11-9-18(26)20(27)28/h2-7,12,17-18H,8-11,26H2,1H3,(H,27,28). The zero-order valence-corrected chi connectivity index (χ0v) is 17.9. The number of nitrogens with two attached hydrogens (primary N) is 1. The molecule has 0 aliphatic heterocycles. The Morgan fingerprint density at radius 2 is 1.80 bits per heavy atom. The van der Waals surface area contributed by atoms with Gasteiger partial charge in [0.2, 0.25) is 0 Å². The van der Waals surface area contributed by atoms with Crippen LogP contribution in [0.3, 0.4) is 0 Å². The van der Waals surface area contributed by atoms with Gasteiger partial charge in [0.15, 0.2) is 0 Å².